The molecule has 0 saturated carbocycles. The number of quaternary nitrogens is 1. The molecule has 1 aromatic heterocycles. The number of aromatic amines is 1. The van der Waals surface area contributed by atoms with Crippen molar-refractivity contribution in [2.45, 2.75) is 58.3 Å². The molecule has 1 amide bonds. The third-order valence-corrected chi connectivity index (χ3v) is 6.92. The van der Waals surface area contributed by atoms with Crippen molar-refractivity contribution in [3.63, 3.8) is 0 Å². The number of carbonyl (C=O) groups is 1. The Labute approximate surface area is 174 Å². The van der Waals surface area contributed by atoms with Gasteiger partial charge in [0.05, 0.1) is 0 Å². The molecule has 1 aromatic rings. The fourth-order valence-corrected chi connectivity index (χ4v) is 5.27. The molecule has 29 heavy (non-hydrogen) atoms. The van der Waals surface area contributed by atoms with Gasteiger partial charge in [-0.2, -0.15) is 5.26 Å². The van der Waals surface area contributed by atoms with Gasteiger partial charge in [-0.05, 0) is 49.7 Å². The van der Waals surface area contributed by atoms with Gasteiger partial charge in [-0.25, -0.2) is 9.88 Å². The van der Waals surface area contributed by atoms with Crippen LogP contribution in [0.2, 0.25) is 0 Å². The number of nitriles is 1. The third kappa shape index (κ3) is 4.11. The fourth-order valence-electron chi connectivity index (χ4n) is 5.27. The molecule has 6 nitrogen and oxygen atoms in total. The normalized spacial score (nSPS) is 20.1. The molecular formula is C23H35N5O+2. The predicted molar refractivity (Wildman–Crippen MR) is 112 cm³/mol. The van der Waals surface area contributed by atoms with Gasteiger partial charge in [0, 0.05) is 19.0 Å². The van der Waals surface area contributed by atoms with Crippen molar-refractivity contribution < 1.29 is 14.7 Å². The summed E-state index contributed by atoms with van der Waals surface area (Å²) in [5, 5.41) is 9.91. The van der Waals surface area contributed by atoms with Crippen LogP contribution < -0.4 is 14.8 Å². The zero-order valence-corrected chi connectivity index (χ0v) is 18.0. The van der Waals surface area contributed by atoms with Crippen molar-refractivity contribution in [2.24, 2.45) is 0 Å². The number of anilines is 1. The molecule has 0 atom stereocenters. The van der Waals surface area contributed by atoms with E-state index in [0.717, 1.165) is 82.8 Å². The Morgan fingerprint density at radius 2 is 1.76 bits per heavy atom. The molecule has 3 aliphatic rings. The summed E-state index contributed by atoms with van der Waals surface area (Å²) in [4.78, 5) is 22.0. The number of pyridine rings is 1. The first kappa shape index (κ1) is 20.2. The zero-order valence-electron chi connectivity index (χ0n) is 18.0. The van der Waals surface area contributed by atoms with Crippen molar-refractivity contribution in [1.29, 1.82) is 5.26 Å². The molecule has 2 saturated heterocycles. The van der Waals surface area contributed by atoms with Crippen LogP contribution in [-0.4, -0.2) is 56.6 Å². The summed E-state index contributed by atoms with van der Waals surface area (Å²) in [6.45, 7) is 10.6. The number of nitrogens with zero attached hydrogens (tertiary/aromatic N) is 3. The quantitative estimate of drug-likeness (QED) is 0.814. The summed E-state index contributed by atoms with van der Waals surface area (Å²) < 4.78 is 0. The summed E-state index contributed by atoms with van der Waals surface area (Å²) >= 11 is 0. The van der Waals surface area contributed by atoms with E-state index < -0.39 is 0 Å². The lowest BCUT2D eigenvalue weighted by atomic mass is 9.97. The second kappa shape index (κ2) is 8.71. The summed E-state index contributed by atoms with van der Waals surface area (Å²) in [7, 11) is 0. The highest BCUT2D eigenvalue weighted by Gasteiger charge is 2.35. The fraction of sp³-hybridized carbons (Fsp3) is 0.696. The molecule has 0 bridgehead atoms. The Hall–Kier alpha value is -2.13. The Morgan fingerprint density at radius 3 is 2.41 bits per heavy atom. The van der Waals surface area contributed by atoms with Crippen molar-refractivity contribution in [2.75, 3.05) is 50.7 Å². The minimum atomic E-state index is 0.317. The first-order chi connectivity index (χ1) is 14.1. The van der Waals surface area contributed by atoms with Crippen LogP contribution in [0.25, 0.3) is 0 Å². The highest BCUT2D eigenvalue weighted by Crippen LogP contribution is 2.33. The van der Waals surface area contributed by atoms with E-state index in [1.54, 1.807) is 0 Å². The lowest BCUT2D eigenvalue weighted by Crippen LogP contribution is -3.16. The first-order valence-corrected chi connectivity index (χ1v) is 11.5. The SMILES string of the molecule is CC(C)c1[nH+]c(N2CC[NH+](CC(=O)N3CCCCC3)CC2)c(C#N)c2c1CCC2. The Balaban J connectivity index is 1.45. The molecule has 2 aliphatic heterocycles. The molecule has 0 unspecified atom stereocenters. The van der Waals surface area contributed by atoms with Crippen LogP contribution in [0.4, 0.5) is 5.82 Å². The minimum Gasteiger partial charge on any atom is -0.338 e. The van der Waals surface area contributed by atoms with E-state index in [0.29, 0.717) is 18.4 Å². The van der Waals surface area contributed by atoms with Gasteiger partial charge in [-0.15, -0.1) is 0 Å². The van der Waals surface area contributed by atoms with E-state index >= 15 is 0 Å². The average Bonchev–Trinajstić information content (AvgIpc) is 3.23. The van der Waals surface area contributed by atoms with E-state index in [-0.39, 0.29) is 0 Å². The molecule has 1 aliphatic carbocycles. The summed E-state index contributed by atoms with van der Waals surface area (Å²) in [5.41, 5.74) is 4.83. The number of piperazine rings is 1. The summed E-state index contributed by atoms with van der Waals surface area (Å²) in [5.74, 6) is 1.76. The lowest BCUT2D eigenvalue weighted by molar-refractivity contribution is -0.892. The van der Waals surface area contributed by atoms with E-state index in [4.69, 9.17) is 0 Å². The van der Waals surface area contributed by atoms with E-state index in [1.165, 1.54) is 28.1 Å². The van der Waals surface area contributed by atoms with Gasteiger partial charge in [-0.3, -0.25) is 4.79 Å². The number of fused-ring (bicyclic) bond motifs is 1. The summed E-state index contributed by atoms with van der Waals surface area (Å²) in [6.07, 6.45) is 6.82. The van der Waals surface area contributed by atoms with Crippen molar-refractivity contribution in [1.82, 2.24) is 4.90 Å². The van der Waals surface area contributed by atoms with Crippen LogP contribution in [0.1, 0.15) is 67.8 Å². The maximum atomic E-state index is 12.6. The van der Waals surface area contributed by atoms with Gasteiger partial charge in [-0.1, -0.05) is 13.8 Å². The second-order valence-corrected chi connectivity index (χ2v) is 9.19. The maximum Gasteiger partial charge on any atom is 0.293 e. The standard InChI is InChI=1S/C23H33N5O/c1-17(2)22-19-8-6-7-18(19)20(15-24)23(25-22)28-13-11-26(12-14-28)16-21(29)27-9-4-3-5-10-27/h17H,3-14,16H2,1-2H3/p+2. The van der Waals surface area contributed by atoms with Crippen LogP contribution in [0.5, 0.6) is 0 Å². The smallest absolute Gasteiger partial charge is 0.293 e. The number of likely N-dealkylation sites (tertiary alicyclic amines) is 1. The molecule has 2 fully saturated rings. The third-order valence-electron chi connectivity index (χ3n) is 6.92. The number of H-pyrrole nitrogens is 1. The molecule has 0 radical (unpaired) electrons. The Morgan fingerprint density at radius 1 is 1.07 bits per heavy atom. The number of piperidine rings is 1. The lowest BCUT2D eigenvalue weighted by Gasteiger charge is -2.31. The molecule has 0 aromatic carbocycles. The van der Waals surface area contributed by atoms with Gasteiger partial charge in [0.2, 0.25) is 0 Å². The molecule has 6 heteroatoms. The van der Waals surface area contributed by atoms with Gasteiger partial charge in [0.25, 0.3) is 11.7 Å². The van der Waals surface area contributed by atoms with Gasteiger partial charge in [0.15, 0.2) is 6.54 Å². The van der Waals surface area contributed by atoms with Crippen LogP contribution in [0.3, 0.4) is 0 Å². The number of aromatic nitrogens is 1. The molecule has 156 valence electrons. The monoisotopic (exact) mass is 397 g/mol. The largest absolute Gasteiger partial charge is 0.338 e. The number of hydrogen-bond acceptors (Lipinski definition) is 3. The number of amides is 1. The second-order valence-electron chi connectivity index (χ2n) is 9.19. The molecule has 4 rings (SSSR count). The molecule has 3 heterocycles. The molecular weight excluding hydrogens is 362 g/mol. The summed E-state index contributed by atoms with van der Waals surface area (Å²) in [6, 6.07) is 2.51. The van der Waals surface area contributed by atoms with Crippen LogP contribution in [-0.2, 0) is 17.6 Å². The Kier molecular flexibility index (Phi) is 6.05. The average molecular weight is 398 g/mol. The van der Waals surface area contributed by atoms with Gasteiger partial charge < -0.3 is 9.80 Å². The van der Waals surface area contributed by atoms with E-state index in [1.807, 2.05) is 0 Å². The van der Waals surface area contributed by atoms with Crippen LogP contribution in [0, 0.1) is 11.3 Å². The molecule has 0 spiro atoms. The van der Waals surface area contributed by atoms with E-state index in [9.17, 15) is 10.1 Å². The topological polar surface area (TPSA) is 65.9 Å². The zero-order chi connectivity index (χ0) is 20.4. The van der Waals surface area contributed by atoms with Gasteiger partial charge >= 0.3 is 0 Å². The first-order valence-electron chi connectivity index (χ1n) is 11.5. The predicted octanol–water partition coefficient (Wildman–Crippen LogP) is 0.702. The Bertz CT molecular complexity index is 798. The number of rotatable bonds is 4. The highest BCUT2D eigenvalue weighted by atomic mass is 16.2. The minimum absolute atomic E-state index is 0.317. The molecule has 2 N–H and O–H groups in total. The van der Waals surface area contributed by atoms with Crippen molar-refractivity contribution >= 4 is 11.7 Å². The number of carbonyl (C=O) groups excluding carboxylic acids is 1. The van der Waals surface area contributed by atoms with Gasteiger partial charge in [0.1, 0.15) is 43.5 Å². The van der Waals surface area contributed by atoms with E-state index in [2.05, 4.69) is 34.7 Å². The van der Waals surface area contributed by atoms with Crippen LogP contribution >= 0.6 is 0 Å². The van der Waals surface area contributed by atoms with Crippen molar-refractivity contribution in [3.8, 4) is 6.07 Å². The number of hydrogen-bond donors (Lipinski definition) is 1. The highest BCUT2D eigenvalue weighted by molar-refractivity contribution is 5.77. The number of nitrogens with one attached hydrogen (secondary N) is 2. The van der Waals surface area contributed by atoms with Crippen molar-refractivity contribution in [3.05, 3.63) is 22.4 Å². The van der Waals surface area contributed by atoms with Crippen LogP contribution in [0.15, 0.2) is 0 Å². The maximum absolute atomic E-state index is 12.6.